The molecule has 0 aromatic heterocycles. The lowest BCUT2D eigenvalue weighted by Crippen LogP contribution is -1.96. The third kappa shape index (κ3) is 4.49. The van der Waals surface area contributed by atoms with Gasteiger partial charge in [0.15, 0.2) is 0 Å². The van der Waals surface area contributed by atoms with Gasteiger partial charge in [0.25, 0.3) is 0 Å². The Balaban J connectivity index is 2.01. The van der Waals surface area contributed by atoms with Crippen LogP contribution in [0.4, 0.5) is 4.39 Å². The van der Waals surface area contributed by atoms with Gasteiger partial charge in [0.05, 0.1) is 12.5 Å². The number of ether oxygens (including phenoxy) is 2. The second-order valence-electron chi connectivity index (χ2n) is 6.15. The number of halogens is 1. The summed E-state index contributed by atoms with van der Waals surface area (Å²) >= 11 is 0. The zero-order valence-corrected chi connectivity index (χ0v) is 16.7. The van der Waals surface area contributed by atoms with Crippen molar-refractivity contribution < 1.29 is 13.9 Å². The third-order valence-electron chi connectivity index (χ3n) is 4.38. The van der Waals surface area contributed by atoms with Gasteiger partial charge in [-0.25, -0.2) is 4.39 Å². The highest BCUT2D eigenvalue weighted by Gasteiger charge is 2.13. The highest BCUT2D eigenvalue weighted by molar-refractivity contribution is 7.16. The first-order chi connectivity index (χ1) is 13.7. The summed E-state index contributed by atoms with van der Waals surface area (Å²) in [6.45, 7) is 7.09. The molecule has 0 spiro atoms. The molecule has 3 rings (SSSR count). The van der Waals surface area contributed by atoms with E-state index in [1.165, 1.54) is 12.5 Å². The fourth-order valence-corrected chi connectivity index (χ4v) is 3.40. The first-order valence-electron chi connectivity index (χ1n) is 8.94. The van der Waals surface area contributed by atoms with Crippen molar-refractivity contribution >= 4 is 9.24 Å². The Kier molecular flexibility index (Phi) is 6.62. The van der Waals surface area contributed by atoms with Crippen LogP contribution in [0.3, 0.4) is 0 Å². The van der Waals surface area contributed by atoms with Gasteiger partial charge in [-0.3, -0.25) is 0 Å². The molecule has 0 aliphatic carbocycles. The van der Waals surface area contributed by atoms with Crippen LogP contribution in [0.1, 0.15) is 5.56 Å². The summed E-state index contributed by atoms with van der Waals surface area (Å²) in [5, 5.41) is 0. The van der Waals surface area contributed by atoms with E-state index in [1.54, 1.807) is 18.2 Å². The van der Waals surface area contributed by atoms with Gasteiger partial charge < -0.3 is 9.47 Å². The Labute approximate surface area is 167 Å². The van der Waals surface area contributed by atoms with Crippen LogP contribution in [0.2, 0.25) is 0 Å². The highest BCUT2D eigenvalue weighted by atomic mass is 31.0. The van der Waals surface area contributed by atoms with Gasteiger partial charge in [-0.2, -0.15) is 0 Å². The van der Waals surface area contributed by atoms with Crippen LogP contribution < -0.4 is 9.47 Å². The Bertz CT molecular complexity index is 963. The number of hydrogen-bond donors (Lipinski definition) is 0. The topological polar surface area (TPSA) is 18.5 Å². The van der Waals surface area contributed by atoms with E-state index in [2.05, 4.69) is 22.4 Å². The Morgan fingerprint density at radius 1 is 0.786 bits per heavy atom. The summed E-state index contributed by atoms with van der Waals surface area (Å²) in [4.78, 5) is 0. The van der Waals surface area contributed by atoms with Crippen molar-refractivity contribution in [1.82, 2.24) is 0 Å². The third-order valence-corrected chi connectivity index (χ3v) is 4.66. The van der Waals surface area contributed by atoms with Gasteiger partial charge in [-0.1, -0.05) is 37.4 Å². The molecule has 0 bridgehead atoms. The van der Waals surface area contributed by atoms with E-state index >= 15 is 0 Å². The van der Waals surface area contributed by atoms with E-state index in [9.17, 15) is 4.39 Å². The first kappa shape index (κ1) is 19.9. The van der Waals surface area contributed by atoms with Crippen LogP contribution in [-0.2, 0) is 6.42 Å². The molecule has 1 unspecified atom stereocenters. The summed E-state index contributed by atoms with van der Waals surface area (Å²) in [5.41, 5.74) is 4.31. The highest BCUT2D eigenvalue weighted by Crippen LogP contribution is 2.33. The number of hydrogen-bond acceptors (Lipinski definition) is 2. The van der Waals surface area contributed by atoms with Crippen molar-refractivity contribution in [2.24, 2.45) is 0 Å². The number of aryl methyl sites for hydroxylation is 1. The molecule has 0 N–H and O–H groups in total. The molecule has 0 amide bonds. The summed E-state index contributed by atoms with van der Waals surface area (Å²) in [6, 6.07) is 18.4. The Hall–Kier alpha value is -2.90. The van der Waals surface area contributed by atoms with E-state index in [1.807, 2.05) is 42.5 Å². The largest absolute Gasteiger partial charge is 0.466 e. The molecule has 0 fully saturated rings. The van der Waals surface area contributed by atoms with Crippen molar-refractivity contribution in [1.29, 1.82) is 0 Å². The fourth-order valence-electron chi connectivity index (χ4n) is 3.09. The van der Waals surface area contributed by atoms with Crippen molar-refractivity contribution in [2.75, 3.05) is 6.16 Å². The van der Waals surface area contributed by atoms with E-state index in [-0.39, 0.29) is 5.82 Å². The van der Waals surface area contributed by atoms with Crippen molar-refractivity contribution in [3.05, 3.63) is 97.7 Å². The van der Waals surface area contributed by atoms with Gasteiger partial charge in [0.2, 0.25) is 0 Å². The lowest BCUT2D eigenvalue weighted by molar-refractivity contribution is 0.483. The van der Waals surface area contributed by atoms with Crippen LogP contribution in [0.5, 0.6) is 11.5 Å². The maximum Gasteiger partial charge on any atom is 0.131 e. The van der Waals surface area contributed by atoms with Gasteiger partial charge in [0.1, 0.15) is 17.3 Å². The average Bonchev–Trinajstić information content (AvgIpc) is 2.71. The molecule has 0 aliphatic heterocycles. The van der Waals surface area contributed by atoms with Crippen molar-refractivity contribution in [2.45, 2.75) is 6.42 Å². The average molecular weight is 392 g/mol. The smallest absolute Gasteiger partial charge is 0.131 e. The summed E-state index contributed by atoms with van der Waals surface area (Å²) in [7, 11) is 2.73. The van der Waals surface area contributed by atoms with Gasteiger partial charge in [0, 0.05) is 5.56 Å². The standard InChI is InChI=1S/C24H22FO2P/c1-3-26-20-9-5-17(6-10-20)22-16-24(25)23(15-19(22)13-14-28)18-7-11-21(12-8-18)27-4-2/h3-12,15-16H,1-2,13-14,28H2. The minimum absolute atomic E-state index is 0.258. The summed E-state index contributed by atoms with van der Waals surface area (Å²) in [5.74, 6) is 1.11. The van der Waals surface area contributed by atoms with Gasteiger partial charge >= 0.3 is 0 Å². The predicted molar refractivity (Wildman–Crippen MR) is 117 cm³/mol. The lowest BCUT2D eigenvalue weighted by atomic mass is 9.93. The molecule has 142 valence electrons. The molecule has 4 heteroatoms. The van der Waals surface area contributed by atoms with Crippen LogP contribution >= 0.6 is 9.24 Å². The molecular formula is C24H22FO2P. The fraction of sp³-hybridized carbons (Fsp3) is 0.0833. The molecule has 3 aromatic rings. The molecule has 0 aliphatic rings. The Morgan fingerprint density at radius 3 is 1.75 bits per heavy atom. The molecule has 0 heterocycles. The molecule has 1 atom stereocenters. The molecular weight excluding hydrogens is 370 g/mol. The molecule has 28 heavy (non-hydrogen) atoms. The van der Waals surface area contributed by atoms with Crippen LogP contribution in [0.25, 0.3) is 22.3 Å². The van der Waals surface area contributed by atoms with Crippen molar-refractivity contribution in [3.63, 3.8) is 0 Å². The van der Waals surface area contributed by atoms with E-state index < -0.39 is 0 Å². The number of benzene rings is 3. The van der Waals surface area contributed by atoms with Crippen LogP contribution in [0, 0.1) is 5.82 Å². The zero-order chi connectivity index (χ0) is 19.9. The maximum absolute atomic E-state index is 15.0. The SMILES string of the molecule is C=COc1ccc(-c2cc(CCP)c(-c3ccc(OC=C)cc3)cc2F)cc1. The van der Waals surface area contributed by atoms with E-state index in [0.717, 1.165) is 34.8 Å². The second-order valence-corrected chi connectivity index (χ2v) is 6.72. The van der Waals surface area contributed by atoms with Gasteiger partial charge in [-0.05, 0) is 71.2 Å². The lowest BCUT2D eigenvalue weighted by Gasteiger charge is -2.14. The first-order valence-corrected chi connectivity index (χ1v) is 9.76. The quantitative estimate of drug-likeness (QED) is 0.317. The maximum atomic E-state index is 15.0. The zero-order valence-electron chi connectivity index (χ0n) is 15.5. The predicted octanol–water partition coefficient (Wildman–Crippen LogP) is 6.62. The van der Waals surface area contributed by atoms with Crippen LogP contribution in [0.15, 0.2) is 86.3 Å². The number of rotatable bonds is 8. The van der Waals surface area contributed by atoms with E-state index in [4.69, 9.17) is 9.47 Å². The van der Waals surface area contributed by atoms with Crippen molar-refractivity contribution in [3.8, 4) is 33.8 Å². The minimum atomic E-state index is -0.258. The normalized spacial score (nSPS) is 10.4. The summed E-state index contributed by atoms with van der Waals surface area (Å²) in [6.07, 6.45) is 4.47. The molecule has 0 radical (unpaired) electrons. The minimum Gasteiger partial charge on any atom is -0.466 e. The van der Waals surface area contributed by atoms with Crippen LogP contribution in [-0.4, -0.2) is 6.16 Å². The monoisotopic (exact) mass is 392 g/mol. The summed E-state index contributed by atoms with van der Waals surface area (Å²) < 4.78 is 25.5. The molecule has 2 nitrogen and oxygen atoms in total. The molecule has 0 saturated heterocycles. The molecule has 3 aromatic carbocycles. The molecule has 0 saturated carbocycles. The second kappa shape index (κ2) is 9.34. The van der Waals surface area contributed by atoms with Gasteiger partial charge in [-0.15, -0.1) is 9.24 Å². The Morgan fingerprint density at radius 2 is 1.29 bits per heavy atom. The van der Waals surface area contributed by atoms with E-state index in [0.29, 0.717) is 17.1 Å².